The molecule has 0 saturated carbocycles. The number of halogens is 1. The third-order valence-corrected chi connectivity index (χ3v) is 6.39. The molecule has 0 bridgehead atoms. The minimum Gasteiger partial charge on any atom is -0.462 e. The number of anilines is 1. The Kier molecular flexibility index (Phi) is 4.81. The number of hydrogen-bond donors (Lipinski definition) is 2. The summed E-state index contributed by atoms with van der Waals surface area (Å²) in [7, 11) is 0. The van der Waals surface area contributed by atoms with Gasteiger partial charge in [-0.3, -0.25) is 9.59 Å². The second kappa shape index (κ2) is 7.58. The molecule has 0 unspecified atom stereocenters. The summed E-state index contributed by atoms with van der Waals surface area (Å²) in [6.07, 6.45) is 0.335. The number of carbonyl (C=O) groups is 3. The van der Waals surface area contributed by atoms with Gasteiger partial charge in [0.05, 0.1) is 12.2 Å². The maximum Gasteiger partial charge on any atom is 0.341 e. The lowest BCUT2D eigenvalue weighted by Gasteiger charge is -2.40. The average molecular weight is 448 g/mol. The number of amides is 1. The molecule has 2 atom stereocenters. The van der Waals surface area contributed by atoms with Crippen molar-refractivity contribution in [3.05, 3.63) is 88.3 Å². The monoisotopic (exact) mass is 448 g/mol. The Balaban J connectivity index is 1.71. The summed E-state index contributed by atoms with van der Waals surface area (Å²) in [4.78, 5) is 40.2. The third-order valence-electron chi connectivity index (χ3n) is 6.39. The number of rotatable bonds is 3. The van der Waals surface area contributed by atoms with Gasteiger partial charge >= 0.3 is 5.97 Å². The summed E-state index contributed by atoms with van der Waals surface area (Å²) < 4.78 is 24.4. The third kappa shape index (κ3) is 2.97. The van der Waals surface area contributed by atoms with Crippen LogP contribution >= 0.6 is 0 Å². The molecule has 3 aliphatic rings. The summed E-state index contributed by atoms with van der Waals surface area (Å²) >= 11 is 0. The lowest BCUT2D eigenvalue weighted by molar-refractivity contribution is -0.141. The fourth-order valence-corrected chi connectivity index (χ4v) is 5.07. The van der Waals surface area contributed by atoms with Crippen LogP contribution < -0.4 is 11.1 Å². The van der Waals surface area contributed by atoms with Crippen molar-refractivity contribution >= 4 is 23.3 Å². The molecule has 1 aliphatic carbocycles. The molecule has 2 aromatic rings. The Morgan fingerprint density at radius 1 is 1.18 bits per heavy atom. The minimum atomic E-state index is -1.76. The quantitative estimate of drug-likeness (QED) is 0.699. The predicted molar refractivity (Wildman–Crippen MR) is 116 cm³/mol. The molecule has 1 spiro atoms. The van der Waals surface area contributed by atoms with Crippen molar-refractivity contribution in [3.8, 4) is 0 Å². The van der Waals surface area contributed by atoms with Gasteiger partial charge in [-0.25, -0.2) is 9.18 Å². The highest BCUT2D eigenvalue weighted by atomic mass is 19.1. The van der Waals surface area contributed by atoms with Crippen molar-refractivity contribution in [2.75, 3.05) is 11.9 Å². The molecule has 0 aromatic heterocycles. The summed E-state index contributed by atoms with van der Waals surface area (Å²) in [6, 6.07) is 12.8. The Morgan fingerprint density at radius 3 is 2.64 bits per heavy atom. The van der Waals surface area contributed by atoms with E-state index in [4.69, 9.17) is 15.2 Å². The molecule has 1 amide bonds. The van der Waals surface area contributed by atoms with Gasteiger partial charge in [0.1, 0.15) is 22.6 Å². The van der Waals surface area contributed by atoms with Gasteiger partial charge in [0, 0.05) is 24.1 Å². The average Bonchev–Trinajstić information content (AvgIpc) is 3.06. The van der Waals surface area contributed by atoms with Crippen LogP contribution in [-0.2, 0) is 29.3 Å². The van der Waals surface area contributed by atoms with Crippen LogP contribution in [0, 0.1) is 5.82 Å². The van der Waals surface area contributed by atoms with Gasteiger partial charge in [-0.1, -0.05) is 30.3 Å². The Bertz CT molecular complexity index is 1260. The normalized spacial score (nSPS) is 23.8. The maximum absolute atomic E-state index is 13.6. The first kappa shape index (κ1) is 20.9. The molecule has 0 saturated heterocycles. The van der Waals surface area contributed by atoms with Crippen LogP contribution in [0.1, 0.15) is 36.8 Å². The number of ketones is 1. The van der Waals surface area contributed by atoms with Gasteiger partial charge in [-0.15, -0.1) is 0 Å². The summed E-state index contributed by atoms with van der Waals surface area (Å²) in [5.41, 5.74) is 6.07. The van der Waals surface area contributed by atoms with Gasteiger partial charge in [-0.2, -0.15) is 0 Å². The van der Waals surface area contributed by atoms with Gasteiger partial charge < -0.3 is 20.5 Å². The molecular formula is C25H21FN2O5. The number of nitrogens with two attached hydrogens (primary N) is 1. The fourth-order valence-electron chi connectivity index (χ4n) is 5.07. The molecule has 8 heteroatoms. The first-order chi connectivity index (χ1) is 15.9. The zero-order chi connectivity index (χ0) is 23.3. The van der Waals surface area contributed by atoms with E-state index in [9.17, 15) is 18.8 Å². The molecule has 3 N–H and O–H groups in total. The van der Waals surface area contributed by atoms with Gasteiger partial charge in [0.2, 0.25) is 11.8 Å². The number of nitrogens with one attached hydrogen (secondary N) is 1. The van der Waals surface area contributed by atoms with Crippen LogP contribution in [0.3, 0.4) is 0 Å². The van der Waals surface area contributed by atoms with Crippen molar-refractivity contribution < 1.29 is 28.2 Å². The number of carbonyl (C=O) groups excluding carboxylic acids is 3. The number of para-hydroxylation sites is 1. The summed E-state index contributed by atoms with van der Waals surface area (Å²) in [6.45, 7) is 1.69. The Labute approximate surface area is 189 Å². The number of allylic oxidation sites excluding steroid dienone is 1. The maximum atomic E-state index is 13.6. The molecule has 2 aliphatic heterocycles. The second-order valence-electron chi connectivity index (χ2n) is 8.19. The van der Waals surface area contributed by atoms with E-state index >= 15 is 0 Å². The lowest BCUT2D eigenvalue weighted by Crippen LogP contribution is -2.49. The number of esters is 1. The molecule has 2 heterocycles. The number of fused-ring (bicyclic) bond motifs is 3. The number of hydrogen-bond acceptors (Lipinski definition) is 6. The van der Waals surface area contributed by atoms with Crippen LogP contribution in [0.5, 0.6) is 0 Å². The van der Waals surface area contributed by atoms with Crippen molar-refractivity contribution in [3.63, 3.8) is 0 Å². The molecular weight excluding hydrogens is 427 g/mol. The van der Waals surface area contributed by atoms with E-state index in [-0.39, 0.29) is 59.8 Å². The van der Waals surface area contributed by atoms with E-state index in [1.807, 2.05) is 0 Å². The first-order valence-electron chi connectivity index (χ1n) is 10.7. The molecule has 5 rings (SSSR count). The number of ether oxygens (including phenoxy) is 2. The SMILES string of the molecule is CCOC(=O)C1=C(N)OC2=C(C(=O)C[C@@H](c3ccc(F)cc3)C2)[C@@]12C(=O)Nc1ccccc12. The summed E-state index contributed by atoms with van der Waals surface area (Å²) in [5, 5.41) is 2.79. The molecule has 2 aromatic carbocycles. The first-order valence-corrected chi connectivity index (χ1v) is 10.7. The molecule has 33 heavy (non-hydrogen) atoms. The minimum absolute atomic E-state index is 0.0570. The smallest absolute Gasteiger partial charge is 0.341 e. The number of Topliss-reactive ketones (excluding diaryl/α,β-unsaturated/α-hetero) is 1. The van der Waals surface area contributed by atoms with E-state index in [0.29, 0.717) is 11.3 Å². The zero-order valence-electron chi connectivity index (χ0n) is 17.8. The van der Waals surface area contributed by atoms with Crippen molar-refractivity contribution in [1.82, 2.24) is 0 Å². The Hall–Kier alpha value is -3.94. The fraction of sp³-hybridized carbons (Fsp3) is 0.240. The van der Waals surface area contributed by atoms with Crippen molar-refractivity contribution in [2.45, 2.75) is 31.1 Å². The summed E-state index contributed by atoms with van der Waals surface area (Å²) in [5.74, 6) is -2.41. The standard InChI is InChI=1S/C25H21FN2O5/c1-2-32-23(30)21-22(27)33-19-12-14(13-7-9-15(26)10-8-13)11-18(29)20(19)25(21)16-5-3-4-6-17(16)28-24(25)31/h3-10,14H,2,11-12,27H2,1H3,(H,28,31)/t14-,25-/m1/s1. The van der Waals surface area contributed by atoms with Crippen molar-refractivity contribution in [2.24, 2.45) is 5.73 Å². The topological polar surface area (TPSA) is 108 Å². The highest BCUT2D eigenvalue weighted by Gasteiger charge is 2.62. The highest BCUT2D eigenvalue weighted by Crippen LogP contribution is 2.55. The van der Waals surface area contributed by atoms with E-state index in [1.54, 1.807) is 43.3 Å². The Morgan fingerprint density at radius 2 is 1.91 bits per heavy atom. The lowest BCUT2D eigenvalue weighted by atomic mass is 9.63. The number of benzene rings is 2. The predicted octanol–water partition coefficient (Wildman–Crippen LogP) is 3.18. The largest absolute Gasteiger partial charge is 0.462 e. The van der Waals surface area contributed by atoms with Gasteiger partial charge in [0.15, 0.2) is 5.78 Å². The van der Waals surface area contributed by atoms with Gasteiger partial charge in [0.25, 0.3) is 0 Å². The zero-order valence-corrected chi connectivity index (χ0v) is 17.8. The van der Waals surface area contributed by atoms with Crippen LogP contribution in [-0.4, -0.2) is 24.3 Å². The van der Waals surface area contributed by atoms with Crippen LogP contribution in [0.2, 0.25) is 0 Å². The molecule has 168 valence electrons. The van der Waals surface area contributed by atoms with Crippen LogP contribution in [0.4, 0.5) is 10.1 Å². The van der Waals surface area contributed by atoms with E-state index < -0.39 is 17.3 Å². The highest BCUT2D eigenvalue weighted by molar-refractivity contribution is 6.22. The van der Waals surface area contributed by atoms with Gasteiger partial charge in [-0.05, 0) is 36.6 Å². The van der Waals surface area contributed by atoms with E-state index in [1.165, 1.54) is 12.1 Å². The molecule has 0 fully saturated rings. The van der Waals surface area contributed by atoms with E-state index in [2.05, 4.69) is 5.32 Å². The van der Waals surface area contributed by atoms with Crippen LogP contribution in [0.15, 0.2) is 71.3 Å². The molecule has 0 radical (unpaired) electrons. The van der Waals surface area contributed by atoms with E-state index in [0.717, 1.165) is 5.56 Å². The van der Waals surface area contributed by atoms with Crippen LogP contribution in [0.25, 0.3) is 0 Å². The van der Waals surface area contributed by atoms with Crippen molar-refractivity contribution in [1.29, 1.82) is 0 Å². The second-order valence-corrected chi connectivity index (χ2v) is 8.19. The molecule has 7 nitrogen and oxygen atoms in total.